The highest BCUT2D eigenvalue weighted by Crippen LogP contribution is 2.52. The summed E-state index contributed by atoms with van der Waals surface area (Å²) >= 11 is 1.70. The highest BCUT2D eigenvalue weighted by molar-refractivity contribution is 7.15. The van der Waals surface area contributed by atoms with Gasteiger partial charge in [0, 0.05) is 47.5 Å². The van der Waals surface area contributed by atoms with Crippen molar-refractivity contribution in [1.29, 1.82) is 0 Å². The van der Waals surface area contributed by atoms with Crippen LogP contribution in [-0.2, 0) is 12.0 Å². The minimum atomic E-state index is -0.815. The van der Waals surface area contributed by atoms with Crippen LogP contribution in [0, 0.1) is 5.92 Å². The van der Waals surface area contributed by atoms with E-state index >= 15 is 0 Å². The SMILES string of the molecule is CC(C)(O)Cn1cc(-c2cnc(C(C)(c3ccc(-c4cnc(N)nc4)nc3)C3CC3)s2)cn1. The number of nitrogens with zero attached hydrogens (tertiary/aromatic N) is 6. The van der Waals surface area contributed by atoms with Crippen LogP contribution >= 0.6 is 11.3 Å². The first-order valence-electron chi connectivity index (χ1n) is 11.0. The summed E-state index contributed by atoms with van der Waals surface area (Å²) in [5.74, 6) is 0.795. The predicted molar refractivity (Wildman–Crippen MR) is 128 cm³/mol. The molecular weight excluding hydrogens is 434 g/mol. The number of hydrogen-bond donors (Lipinski definition) is 2. The van der Waals surface area contributed by atoms with Gasteiger partial charge in [-0.05, 0) is 51.2 Å². The van der Waals surface area contributed by atoms with Gasteiger partial charge >= 0.3 is 0 Å². The third kappa shape index (κ3) is 4.38. The van der Waals surface area contributed by atoms with Crippen LogP contribution < -0.4 is 5.73 Å². The molecule has 4 aromatic heterocycles. The second-order valence-corrected chi connectivity index (χ2v) is 10.5. The molecule has 0 aliphatic heterocycles. The molecule has 1 fully saturated rings. The average Bonchev–Trinajstić information content (AvgIpc) is 3.35. The molecule has 33 heavy (non-hydrogen) atoms. The van der Waals surface area contributed by atoms with Crippen molar-refractivity contribution in [2.75, 3.05) is 5.73 Å². The van der Waals surface area contributed by atoms with Gasteiger partial charge in [-0.3, -0.25) is 9.67 Å². The largest absolute Gasteiger partial charge is 0.389 e. The first-order chi connectivity index (χ1) is 15.7. The number of aromatic nitrogens is 6. The summed E-state index contributed by atoms with van der Waals surface area (Å²) in [6, 6.07) is 4.15. The van der Waals surface area contributed by atoms with E-state index in [2.05, 4.69) is 28.1 Å². The smallest absolute Gasteiger partial charge is 0.219 e. The Morgan fingerprint density at radius 3 is 2.39 bits per heavy atom. The fraction of sp³-hybridized carbons (Fsp3) is 0.375. The molecule has 0 saturated heterocycles. The van der Waals surface area contributed by atoms with Crippen LogP contribution in [0.4, 0.5) is 5.95 Å². The van der Waals surface area contributed by atoms with E-state index < -0.39 is 5.60 Å². The molecule has 1 unspecified atom stereocenters. The molecule has 1 atom stereocenters. The second kappa shape index (κ2) is 8.00. The van der Waals surface area contributed by atoms with Gasteiger partial charge in [-0.25, -0.2) is 15.0 Å². The van der Waals surface area contributed by atoms with Crippen LogP contribution in [0.25, 0.3) is 21.7 Å². The number of thiazole rings is 1. The zero-order chi connectivity index (χ0) is 23.2. The summed E-state index contributed by atoms with van der Waals surface area (Å²) in [6.45, 7) is 6.27. The van der Waals surface area contributed by atoms with Gasteiger partial charge < -0.3 is 10.8 Å². The van der Waals surface area contributed by atoms with Crippen LogP contribution in [-0.4, -0.2) is 40.4 Å². The van der Waals surface area contributed by atoms with E-state index in [1.165, 1.54) is 12.8 Å². The van der Waals surface area contributed by atoms with Crippen molar-refractivity contribution in [3.05, 3.63) is 59.9 Å². The molecule has 0 radical (unpaired) electrons. The van der Waals surface area contributed by atoms with E-state index in [-0.39, 0.29) is 11.4 Å². The average molecular weight is 462 g/mol. The first-order valence-corrected chi connectivity index (χ1v) is 11.8. The van der Waals surface area contributed by atoms with Gasteiger partial charge in [0.15, 0.2) is 0 Å². The normalized spacial score (nSPS) is 16.0. The molecule has 8 nitrogen and oxygen atoms in total. The lowest BCUT2D eigenvalue weighted by Crippen LogP contribution is -2.26. The summed E-state index contributed by atoms with van der Waals surface area (Å²) < 4.78 is 1.78. The molecule has 0 spiro atoms. The van der Waals surface area contributed by atoms with Crippen molar-refractivity contribution < 1.29 is 5.11 Å². The number of pyridine rings is 1. The molecule has 170 valence electrons. The predicted octanol–water partition coefficient (Wildman–Crippen LogP) is 3.93. The van der Waals surface area contributed by atoms with Crippen molar-refractivity contribution in [1.82, 2.24) is 29.7 Å². The molecule has 1 aliphatic carbocycles. The minimum absolute atomic E-state index is 0.199. The minimum Gasteiger partial charge on any atom is -0.389 e. The Bertz CT molecular complexity index is 1250. The van der Waals surface area contributed by atoms with E-state index in [0.29, 0.717) is 12.5 Å². The van der Waals surface area contributed by atoms with Crippen molar-refractivity contribution in [2.24, 2.45) is 5.92 Å². The highest BCUT2D eigenvalue weighted by Gasteiger charge is 2.46. The lowest BCUT2D eigenvalue weighted by molar-refractivity contribution is 0.0577. The molecule has 1 aliphatic rings. The van der Waals surface area contributed by atoms with Crippen LogP contribution in [0.15, 0.2) is 49.3 Å². The lowest BCUT2D eigenvalue weighted by atomic mass is 9.79. The molecule has 0 bridgehead atoms. The molecule has 5 rings (SSSR count). The van der Waals surface area contributed by atoms with E-state index in [1.807, 2.05) is 30.9 Å². The zero-order valence-corrected chi connectivity index (χ0v) is 19.8. The Labute approximate surface area is 196 Å². The molecule has 9 heteroatoms. The number of hydrogen-bond acceptors (Lipinski definition) is 8. The zero-order valence-electron chi connectivity index (χ0n) is 18.9. The molecule has 4 heterocycles. The standard InChI is InChI=1S/C24H27N7OS/c1-23(2,32)14-31-13-16(10-30-31)20-12-27-21(33-20)24(3,17-4-5-17)18-6-7-19(26-11-18)15-8-28-22(25)29-9-15/h6-13,17,32H,4-5,14H2,1-3H3,(H2,25,28,29). The van der Waals surface area contributed by atoms with Gasteiger partial charge in [0.1, 0.15) is 5.01 Å². The third-order valence-electron chi connectivity index (χ3n) is 6.14. The quantitative estimate of drug-likeness (QED) is 0.428. The van der Waals surface area contributed by atoms with Gasteiger partial charge in [-0.2, -0.15) is 5.10 Å². The maximum Gasteiger partial charge on any atom is 0.219 e. The Kier molecular flexibility index (Phi) is 5.25. The summed E-state index contributed by atoms with van der Waals surface area (Å²) in [4.78, 5) is 18.7. The Morgan fingerprint density at radius 1 is 1.00 bits per heavy atom. The Balaban J connectivity index is 1.43. The van der Waals surface area contributed by atoms with Crippen molar-refractivity contribution in [2.45, 2.75) is 51.2 Å². The number of aliphatic hydroxyl groups is 1. The van der Waals surface area contributed by atoms with Crippen LogP contribution in [0.2, 0.25) is 0 Å². The number of anilines is 1. The van der Waals surface area contributed by atoms with E-state index in [0.717, 1.165) is 32.3 Å². The summed E-state index contributed by atoms with van der Waals surface area (Å²) in [5, 5.41) is 15.6. The van der Waals surface area contributed by atoms with E-state index in [9.17, 15) is 5.11 Å². The number of rotatable bonds is 7. The number of nitrogens with two attached hydrogens (primary N) is 1. The van der Waals surface area contributed by atoms with Crippen molar-refractivity contribution >= 4 is 17.3 Å². The fourth-order valence-corrected chi connectivity index (χ4v) is 5.30. The molecule has 4 aromatic rings. The maximum atomic E-state index is 10.1. The van der Waals surface area contributed by atoms with Gasteiger partial charge in [0.2, 0.25) is 5.95 Å². The topological polar surface area (TPSA) is 116 Å². The van der Waals surface area contributed by atoms with Gasteiger partial charge in [-0.1, -0.05) is 6.07 Å². The first kappa shape index (κ1) is 21.7. The second-order valence-electron chi connectivity index (χ2n) is 9.51. The van der Waals surface area contributed by atoms with Crippen molar-refractivity contribution in [3.8, 4) is 21.7 Å². The summed E-state index contributed by atoms with van der Waals surface area (Å²) in [6.07, 6.45) is 13.4. The molecular formula is C24H27N7OS. The Hall–Kier alpha value is -3.17. The van der Waals surface area contributed by atoms with Gasteiger partial charge in [0.25, 0.3) is 0 Å². The Morgan fingerprint density at radius 2 is 1.76 bits per heavy atom. The van der Waals surface area contributed by atoms with Crippen LogP contribution in [0.1, 0.15) is 44.2 Å². The van der Waals surface area contributed by atoms with Gasteiger partial charge in [-0.15, -0.1) is 11.3 Å². The fourth-order valence-electron chi connectivity index (χ4n) is 4.16. The van der Waals surface area contributed by atoms with E-state index in [1.54, 1.807) is 42.3 Å². The van der Waals surface area contributed by atoms with Crippen LogP contribution in [0.3, 0.4) is 0 Å². The lowest BCUT2D eigenvalue weighted by Gasteiger charge is -2.28. The van der Waals surface area contributed by atoms with Crippen molar-refractivity contribution in [3.63, 3.8) is 0 Å². The molecule has 3 N–H and O–H groups in total. The summed E-state index contributed by atoms with van der Waals surface area (Å²) in [5.41, 5.74) is 8.40. The summed E-state index contributed by atoms with van der Waals surface area (Å²) in [7, 11) is 0. The van der Waals surface area contributed by atoms with Crippen LogP contribution in [0.5, 0.6) is 0 Å². The third-order valence-corrected chi connectivity index (χ3v) is 7.43. The monoisotopic (exact) mass is 461 g/mol. The maximum absolute atomic E-state index is 10.1. The molecule has 1 saturated carbocycles. The van der Waals surface area contributed by atoms with E-state index in [4.69, 9.17) is 15.7 Å². The molecule has 0 aromatic carbocycles. The highest BCUT2D eigenvalue weighted by atomic mass is 32.1. The number of nitrogen functional groups attached to an aromatic ring is 1. The van der Waals surface area contributed by atoms with Gasteiger partial charge in [0.05, 0.1) is 28.9 Å². The molecule has 0 amide bonds.